The summed E-state index contributed by atoms with van der Waals surface area (Å²) in [5, 5.41) is 4.52. The number of hydrogen-bond acceptors (Lipinski definition) is 7. The highest BCUT2D eigenvalue weighted by Gasteiger charge is 2.16. The fourth-order valence-corrected chi connectivity index (χ4v) is 4.53. The van der Waals surface area contributed by atoms with Crippen LogP contribution in [0.4, 0.5) is 10.8 Å². The fraction of sp³-hybridized carbons (Fsp3) is 0.190. The lowest BCUT2D eigenvalue weighted by atomic mass is 10.2. The van der Waals surface area contributed by atoms with Crippen molar-refractivity contribution in [2.24, 2.45) is 0 Å². The van der Waals surface area contributed by atoms with Gasteiger partial charge in [-0.2, -0.15) is 0 Å². The van der Waals surface area contributed by atoms with Crippen LogP contribution in [0.15, 0.2) is 64.9 Å². The minimum Gasteiger partial charge on any atom is -0.462 e. The molecule has 8 nitrogen and oxygen atoms in total. The number of amides is 1. The number of nitrogens with one attached hydrogen (secondary N) is 2. The smallest absolute Gasteiger partial charge is 0.338 e. The summed E-state index contributed by atoms with van der Waals surface area (Å²) in [7, 11) is -3.73. The molecule has 0 aliphatic rings. The van der Waals surface area contributed by atoms with E-state index in [1.165, 1.54) is 12.1 Å². The van der Waals surface area contributed by atoms with Gasteiger partial charge in [0.15, 0.2) is 5.13 Å². The van der Waals surface area contributed by atoms with Gasteiger partial charge in [0.2, 0.25) is 5.91 Å². The number of benzene rings is 2. The molecule has 1 amide bonds. The van der Waals surface area contributed by atoms with E-state index in [1.54, 1.807) is 47.8 Å². The lowest BCUT2D eigenvalue weighted by Gasteiger charge is -2.06. The Morgan fingerprint density at radius 2 is 1.77 bits per heavy atom. The second kappa shape index (κ2) is 10.2. The van der Waals surface area contributed by atoms with Gasteiger partial charge in [-0.1, -0.05) is 25.1 Å². The van der Waals surface area contributed by atoms with Crippen LogP contribution in [0.2, 0.25) is 0 Å². The van der Waals surface area contributed by atoms with E-state index in [4.69, 9.17) is 4.74 Å². The minimum absolute atomic E-state index is 0.0240. The van der Waals surface area contributed by atoms with E-state index in [-0.39, 0.29) is 22.4 Å². The highest BCUT2D eigenvalue weighted by atomic mass is 32.2. The molecule has 0 bridgehead atoms. The molecule has 0 aliphatic carbocycles. The number of rotatable bonds is 9. The maximum atomic E-state index is 12.4. The van der Waals surface area contributed by atoms with E-state index in [0.717, 1.165) is 17.8 Å². The molecule has 2 N–H and O–H groups in total. The minimum atomic E-state index is -3.73. The van der Waals surface area contributed by atoms with Crippen LogP contribution in [0.3, 0.4) is 0 Å². The molecule has 3 aromatic rings. The Bertz CT molecular complexity index is 1140. The van der Waals surface area contributed by atoms with Crippen molar-refractivity contribution in [1.82, 2.24) is 4.98 Å². The molecule has 3 rings (SSSR count). The van der Waals surface area contributed by atoms with E-state index in [9.17, 15) is 18.0 Å². The lowest BCUT2D eigenvalue weighted by Crippen LogP contribution is -2.15. The van der Waals surface area contributed by atoms with E-state index in [2.05, 4.69) is 15.0 Å². The van der Waals surface area contributed by atoms with Gasteiger partial charge in [0.05, 0.1) is 29.2 Å². The zero-order valence-corrected chi connectivity index (χ0v) is 18.3. The SMILES string of the molecule is CCCOC(=O)c1ccc(NC(=O)Cc2csc(NS(=O)(=O)c3ccccc3)n2)cc1. The first-order chi connectivity index (χ1) is 14.9. The second-order valence-electron chi connectivity index (χ2n) is 6.50. The van der Waals surface area contributed by atoms with Gasteiger partial charge in [0.1, 0.15) is 0 Å². The molecule has 31 heavy (non-hydrogen) atoms. The van der Waals surface area contributed by atoms with Crippen molar-refractivity contribution in [2.45, 2.75) is 24.7 Å². The van der Waals surface area contributed by atoms with Crippen molar-refractivity contribution in [3.63, 3.8) is 0 Å². The summed E-state index contributed by atoms with van der Waals surface area (Å²) < 4.78 is 32.2. The maximum Gasteiger partial charge on any atom is 0.338 e. The molecule has 0 unspecified atom stereocenters. The summed E-state index contributed by atoms with van der Waals surface area (Å²) >= 11 is 1.10. The molecule has 10 heteroatoms. The summed E-state index contributed by atoms with van der Waals surface area (Å²) in [6, 6.07) is 14.3. The Morgan fingerprint density at radius 3 is 2.45 bits per heavy atom. The summed E-state index contributed by atoms with van der Waals surface area (Å²) in [4.78, 5) is 28.4. The first-order valence-electron chi connectivity index (χ1n) is 9.46. The van der Waals surface area contributed by atoms with Crippen molar-refractivity contribution < 1.29 is 22.7 Å². The zero-order valence-electron chi connectivity index (χ0n) is 16.7. The van der Waals surface area contributed by atoms with Crippen molar-refractivity contribution in [3.05, 3.63) is 71.2 Å². The van der Waals surface area contributed by atoms with Crippen LogP contribution < -0.4 is 10.0 Å². The molecule has 1 aromatic heterocycles. The van der Waals surface area contributed by atoms with Crippen LogP contribution >= 0.6 is 11.3 Å². The molecule has 0 spiro atoms. The standard InChI is InChI=1S/C21H21N3O5S2/c1-2-12-29-20(26)15-8-10-16(11-9-15)22-19(25)13-17-14-30-21(23-17)24-31(27,28)18-6-4-3-5-7-18/h3-11,14H,2,12-13H2,1H3,(H,22,25)(H,23,24). The van der Waals surface area contributed by atoms with Gasteiger partial charge in [-0.05, 0) is 42.8 Å². The zero-order chi connectivity index (χ0) is 22.3. The topological polar surface area (TPSA) is 114 Å². The molecule has 0 aliphatic heterocycles. The molecule has 0 saturated carbocycles. The van der Waals surface area contributed by atoms with Crippen LogP contribution in [0.5, 0.6) is 0 Å². The van der Waals surface area contributed by atoms with Crippen LogP contribution in [0.1, 0.15) is 29.4 Å². The average Bonchev–Trinajstić information content (AvgIpc) is 3.18. The summed E-state index contributed by atoms with van der Waals surface area (Å²) in [6.45, 7) is 2.27. The van der Waals surface area contributed by atoms with E-state index >= 15 is 0 Å². The number of sulfonamides is 1. The van der Waals surface area contributed by atoms with Crippen LogP contribution in [-0.2, 0) is 26.0 Å². The summed E-state index contributed by atoms with van der Waals surface area (Å²) in [6.07, 6.45) is 0.718. The summed E-state index contributed by atoms with van der Waals surface area (Å²) in [5.74, 6) is -0.725. The predicted molar refractivity (Wildman–Crippen MR) is 119 cm³/mol. The Hall–Kier alpha value is -3.24. The Labute approximate surface area is 184 Å². The number of esters is 1. The molecule has 0 atom stereocenters. The van der Waals surface area contributed by atoms with Crippen LogP contribution in [0, 0.1) is 0 Å². The first kappa shape index (κ1) is 22.4. The number of anilines is 2. The number of carbonyl (C=O) groups is 2. The Morgan fingerprint density at radius 1 is 1.06 bits per heavy atom. The third kappa shape index (κ3) is 6.37. The molecule has 0 radical (unpaired) electrons. The van der Waals surface area contributed by atoms with Crippen LogP contribution in [-0.4, -0.2) is 31.9 Å². The highest BCUT2D eigenvalue weighted by Crippen LogP contribution is 2.21. The van der Waals surface area contributed by atoms with Gasteiger partial charge >= 0.3 is 5.97 Å². The van der Waals surface area contributed by atoms with Crippen LogP contribution in [0.25, 0.3) is 0 Å². The Kier molecular flexibility index (Phi) is 7.37. The molecular formula is C21H21N3O5S2. The van der Waals surface area contributed by atoms with Crippen molar-refractivity contribution in [2.75, 3.05) is 16.6 Å². The molecular weight excluding hydrogens is 438 g/mol. The number of ether oxygens (including phenoxy) is 1. The van der Waals surface area contributed by atoms with Crippen molar-refractivity contribution in [1.29, 1.82) is 0 Å². The van der Waals surface area contributed by atoms with E-state index in [0.29, 0.717) is 23.6 Å². The lowest BCUT2D eigenvalue weighted by molar-refractivity contribution is -0.115. The van der Waals surface area contributed by atoms with Gasteiger partial charge in [-0.25, -0.2) is 18.2 Å². The Balaban J connectivity index is 1.56. The van der Waals surface area contributed by atoms with Gasteiger partial charge in [-0.15, -0.1) is 11.3 Å². The van der Waals surface area contributed by atoms with Crippen molar-refractivity contribution in [3.8, 4) is 0 Å². The predicted octanol–water partition coefficient (Wildman–Crippen LogP) is 3.69. The number of thiazole rings is 1. The van der Waals surface area contributed by atoms with Gasteiger partial charge < -0.3 is 10.1 Å². The third-order valence-electron chi connectivity index (χ3n) is 4.01. The molecule has 162 valence electrons. The second-order valence-corrected chi connectivity index (χ2v) is 9.04. The first-order valence-corrected chi connectivity index (χ1v) is 11.8. The fourth-order valence-electron chi connectivity index (χ4n) is 2.55. The molecule has 0 saturated heterocycles. The van der Waals surface area contributed by atoms with Gasteiger partial charge in [0, 0.05) is 11.1 Å². The highest BCUT2D eigenvalue weighted by molar-refractivity contribution is 7.93. The largest absolute Gasteiger partial charge is 0.462 e. The average molecular weight is 460 g/mol. The number of nitrogens with zero attached hydrogens (tertiary/aromatic N) is 1. The quantitative estimate of drug-likeness (QED) is 0.472. The van der Waals surface area contributed by atoms with Crippen molar-refractivity contribution >= 4 is 44.1 Å². The van der Waals surface area contributed by atoms with Gasteiger partial charge in [0.25, 0.3) is 10.0 Å². The third-order valence-corrected chi connectivity index (χ3v) is 6.30. The maximum absolute atomic E-state index is 12.4. The molecule has 0 fully saturated rings. The monoisotopic (exact) mass is 459 g/mol. The summed E-state index contributed by atoms with van der Waals surface area (Å²) in [5.41, 5.74) is 1.37. The van der Waals surface area contributed by atoms with E-state index < -0.39 is 16.0 Å². The number of hydrogen-bond donors (Lipinski definition) is 2. The number of carbonyl (C=O) groups excluding carboxylic acids is 2. The molecule has 1 heterocycles. The van der Waals surface area contributed by atoms with E-state index in [1.807, 2.05) is 6.92 Å². The number of aromatic nitrogens is 1. The molecule has 2 aromatic carbocycles. The normalized spacial score (nSPS) is 11.0. The van der Waals surface area contributed by atoms with Gasteiger partial charge in [-0.3, -0.25) is 9.52 Å².